The van der Waals surface area contributed by atoms with Gasteiger partial charge in [0, 0.05) is 11.6 Å². The Kier molecular flexibility index (Phi) is 5.98. The van der Waals surface area contributed by atoms with E-state index in [1.807, 2.05) is 18.2 Å². The highest BCUT2D eigenvalue weighted by atomic mass is 14.9. The molecule has 102 valence electrons. The second-order valence-electron chi connectivity index (χ2n) is 5.59. The quantitative estimate of drug-likeness (QED) is 0.636. The maximum absolute atomic E-state index is 3.58. The Morgan fingerprint density at radius 2 is 1.79 bits per heavy atom. The number of benzene rings is 1. The summed E-state index contributed by atoms with van der Waals surface area (Å²) in [7, 11) is 0. The molecular weight excluding hydrogens is 230 g/mol. The van der Waals surface area contributed by atoms with Gasteiger partial charge in [-0.1, -0.05) is 55.7 Å². The van der Waals surface area contributed by atoms with Crippen molar-refractivity contribution in [2.45, 2.75) is 51.5 Å². The lowest BCUT2D eigenvalue weighted by Gasteiger charge is -2.22. The fourth-order valence-corrected chi connectivity index (χ4v) is 2.86. The van der Waals surface area contributed by atoms with Crippen LogP contribution in [0.3, 0.4) is 0 Å². The first-order chi connectivity index (χ1) is 9.36. The van der Waals surface area contributed by atoms with Crippen LogP contribution >= 0.6 is 0 Å². The number of hydrogen-bond acceptors (Lipinski definition) is 1. The largest absolute Gasteiger partial charge is 0.303 e. The normalized spacial score (nSPS) is 18.2. The predicted octanol–water partition coefficient (Wildman–Crippen LogP) is 3.99. The van der Waals surface area contributed by atoms with Crippen molar-refractivity contribution in [1.82, 2.24) is 5.32 Å². The zero-order valence-corrected chi connectivity index (χ0v) is 12.0. The summed E-state index contributed by atoms with van der Waals surface area (Å²) in [4.78, 5) is 0. The van der Waals surface area contributed by atoms with Crippen molar-refractivity contribution >= 4 is 0 Å². The van der Waals surface area contributed by atoms with Gasteiger partial charge in [-0.3, -0.25) is 0 Å². The third kappa shape index (κ3) is 5.09. The first kappa shape index (κ1) is 14.2. The van der Waals surface area contributed by atoms with E-state index in [4.69, 9.17) is 0 Å². The van der Waals surface area contributed by atoms with Crippen molar-refractivity contribution in [2.24, 2.45) is 5.92 Å². The van der Waals surface area contributed by atoms with Gasteiger partial charge >= 0.3 is 0 Å². The van der Waals surface area contributed by atoms with E-state index in [0.29, 0.717) is 6.04 Å². The van der Waals surface area contributed by atoms with E-state index in [0.717, 1.165) is 18.0 Å². The average Bonchev–Trinajstić information content (AvgIpc) is 2.73. The molecule has 0 spiro atoms. The minimum Gasteiger partial charge on any atom is -0.303 e. The SMILES string of the molecule is C[C@@H](NCC#Cc1ccccc1)C1CCCCCC1. The van der Waals surface area contributed by atoms with Crippen LogP contribution in [0.1, 0.15) is 51.0 Å². The zero-order valence-electron chi connectivity index (χ0n) is 12.0. The molecule has 0 heterocycles. The van der Waals surface area contributed by atoms with Crippen LogP contribution in [0, 0.1) is 17.8 Å². The lowest BCUT2D eigenvalue weighted by molar-refractivity contribution is 0.348. The van der Waals surface area contributed by atoms with Gasteiger partial charge in [0.1, 0.15) is 0 Å². The molecule has 1 nitrogen and oxygen atoms in total. The average molecular weight is 255 g/mol. The van der Waals surface area contributed by atoms with Gasteiger partial charge in [-0.05, 0) is 37.8 Å². The molecule has 0 bridgehead atoms. The van der Waals surface area contributed by atoms with Gasteiger partial charge in [0.15, 0.2) is 0 Å². The Hall–Kier alpha value is -1.26. The van der Waals surface area contributed by atoms with Crippen LogP contribution in [0.25, 0.3) is 0 Å². The summed E-state index contributed by atoms with van der Waals surface area (Å²) >= 11 is 0. The van der Waals surface area contributed by atoms with Crippen molar-refractivity contribution in [3.63, 3.8) is 0 Å². The molecule has 1 heteroatoms. The first-order valence-electron chi connectivity index (χ1n) is 7.63. The molecule has 1 saturated carbocycles. The van der Waals surface area contributed by atoms with Crippen molar-refractivity contribution < 1.29 is 0 Å². The van der Waals surface area contributed by atoms with Crippen LogP contribution < -0.4 is 5.32 Å². The molecule has 0 aromatic heterocycles. The van der Waals surface area contributed by atoms with Gasteiger partial charge in [-0.25, -0.2) is 0 Å². The van der Waals surface area contributed by atoms with Gasteiger partial charge in [0.05, 0.1) is 6.54 Å². The Labute approximate surface area is 117 Å². The predicted molar refractivity (Wildman–Crippen MR) is 82.0 cm³/mol. The van der Waals surface area contributed by atoms with E-state index in [1.165, 1.54) is 38.5 Å². The van der Waals surface area contributed by atoms with E-state index in [1.54, 1.807) is 0 Å². The van der Waals surface area contributed by atoms with E-state index in [2.05, 4.69) is 36.2 Å². The molecule has 0 aliphatic heterocycles. The number of nitrogens with one attached hydrogen (secondary N) is 1. The van der Waals surface area contributed by atoms with Crippen LogP contribution in [0.2, 0.25) is 0 Å². The van der Waals surface area contributed by atoms with Crippen LogP contribution in [0.4, 0.5) is 0 Å². The molecule has 1 fully saturated rings. The van der Waals surface area contributed by atoms with Crippen molar-refractivity contribution in [1.29, 1.82) is 0 Å². The molecule has 0 unspecified atom stereocenters. The fourth-order valence-electron chi connectivity index (χ4n) is 2.86. The maximum Gasteiger partial charge on any atom is 0.0582 e. The third-order valence-corrected chi connectivity index (χ3v) is 4.13. The third-order valence-electron chi connectivity index (χ3n) is 4.13. The van der Waals surface area contributed by atoms with E-state index < -0.39 is 0 Å². The molecule has 1 aliphatic carbocycles. The van der Waals surface area contributed by atoms with Gasteiger partial charge in [-0.15, -0.1) is 0 Å². The number of hydrogen-bond donors (Lipinski definition) is 1. The molecule has 19 heavy (non-hydrogen) atoms. The fraction of sp³-hybridized carbons (Fsp3) is 0.556. The van der Waals surface area contributed by atoms with Crippen LogP contribution in [0.15, 0.2) is 30.3 Å². The van der Waals surface area contributed by atoms with Crippen molar-refractivity contribution in [3.05, 3.63) is 35.9 Å². The molecule has 2 rings (SSSR count). The van der Waals surface area contributed by atoms with Gasteiger partial charge in [0.25, 0.3) is 0 Å². The standard InChI is InChI=1S/C18H25N/c1-16(18-13-7-2-3-8-14-18)19-15-9-12-17-10-5-4-6-11-17/h4-6,10-11,16,18-19H,2-3,7-8,13-15H2,1H3/t16-/m1/s1. The van der Waals surface area contributed by atoms with Gasteiger partial charge in [-0.2, -0.15) is 0 Å². The highest BCUT2D eigenvalue weighted by Gasteiger charge is 2.17. The smallest absolute Gasteiger partial charge is 0.0582 e. The number of rotatable bonds is 3. The molecular formula is C18H25N. The van der Waals surface area contributed by atoms with Crippen LogP contribution in [-0.4, -0.2) is 12.6 Å². The highest BCUT2D eigenvalue weighted by molar-refractivity contribution is 5.33. The van der Waals surface area contributed by atoms with Crippen molar-refractivity contribution in [3.8, 4) is 11.8 Å². The van der Waals surface area contributed by atoms with Gasteiger partial charge in [0.2, 0.25) is 0 Å². The monoisotopic (exact) mass is 255 g/mol. The van der Waals surface area contributed by atoms with Crippen LogP contribution in [-0.2, 0) is 0 Å². The summed E-state index contributed by atoms with van der Waals surface area (Å²) < 4.78 is 0. The summed E-state index contributed by atoms with van der Waals surface area (Å²) in [5.41, 5.74) is 1.10. The lowest BCUT2D eigenvalue weighted by atomic mass is 9.93. The minimum absolute atomic E-state index is 0.600. The topological polar surface area (TPSA) is 12.0 Å². The lowest BCUT2D eigenvalue weighted by Crippen LogP contribution is -2.33. The van der Waals surface area contributed by atoms with E-state index in [9.17, 15) is 0 Å². The summed E-state index contributed by atoms with van der Waals surface area (Å²) in [6.45, 7) is 3.12. The highest BCUT2D eigenvalue weighted by Crippen LogP contribution is 2.25. The summed E-state index contributed by atoms with van der Waals surface area (Å²) in [6, 6.07) is 10.8. The van der Waals surface area contributed by atoms with Crippen molar-refractivity contribution in [2.75, 3.05) is 6.54 Å². The van der Waals surface area contributed by atoms with E-state index >= 15 is 0 Å². The maximum atomic E-state index is 3.58. The summed E-state index contributed by atoms with van der Waals surface area (Å²) in [5.74, 6) is 7.28. The zero-order chi connectivity index (χ0) is 13.3. The molecule has 1 N–H and O–H groups in total. The Morgan fingerprint density at radius 3 is 2.47 bits per heavy atom. The second kappa shape index (κ2) is 8.02. The summed E-state index contributed by atoms with van der Waals surface area (Å²) in [6.07, 6.45) is 8.45. The summed E-state index contributed by atoms with van der Waals surface area (Å²) in [5, 5.41) is 3.58. The Morgan fingerprint density at radius 1 is 1.11 bits per heavy atom. The molecule has 0 saturated heterocycles. The molecule has 1 aliphatic rings. The van der Waals surface area contributed by atoms with Crippen LogP contribution in [0.5, 0.6) is 0 Å². The Balaban J connectivity index is 1.74. The molecule has 0 amide bonds. The van der Waals surface area contributed by atoms with Gasteiger partial charge < -0.3 is 5.32 Å². The molecule has 1 aromatic rings. The molecule has 0 radical (unpaired) electrons. The minimum atomic E-state index is 0.600. The second-order valence-corrected chi connectivity index (χ2v) is 5.59. The van der Waals surface area contributed by atoms with E-state index in [-0.39, 0.29) is 0 Å². The Bertz CT molecular complexity index is 404. The molecule has 1 aromatic carbocycles. The first-order valence-corrected chi connectivity index (χ1v) is 7.63. The molecule has 1 atom stereocenters.